The average Bonchev–Trinajstić information content (AvgIpc) is 2.17. The Balaban J connectivity index is 0.00000128. The summed E-state index contributed by atoms with van der Waals surface area (Å²) in [5.74, 6) is 0. The quantitative estimate of drug-likeness (QED) is 0.781. The van der Waals surface area contributed by atoms with E-state index >= 15 is 0 Å². The van der Waals surface area contributed by atoms with Gasteiger partial charge in [-0.05, 0) is 18.2 Å². The van der Waals surface area contributed by atoms with Gasteiger partial charge in [0.2, 0.25) is 0 Å². The van der Waals surface area contributed by atoms with Gasteiger partial charge in [0.15, 0.2) is 0 Å². The van der Waals surface area contributed by atoms with Crippen LogP contribution in [-0.4, -0.2) is 0 Å². The molecule has 0 aliphatic heterocycles. The molecule has 1 nitrogen and oxygen atoms in total. The SMILES string of the molecule is Clc1cc(Cl)cc(Nc2[c-]cccc2)c1.[Co].[Co]. The van der Waals surface area contributed by atoms with E-state index in [9.17, 15) is 0 Å². The Labute approximate surface area is 131 Å². The summed E-state index contributed by atoms with van der Waals surface area (Å²) >= 11 is 11.8. The predicted molar refractivity (Wildman–Crippen MR) is 65.0 cm³/mol. The molecule has 0 heterocycles. The maximum atomic E-state index is 5.88. The first-order chi connectivity index (χ1) is 7.24. The van der Waals surface area contributed by atoms with Gasteiger partial charge in [-0.2, -0.15) is 24.3 Å². The summed E-state index contributed by atoms with van der Waals surface area (Å²) in [4.78, 5) is 0. The van der Waals surface area contributed by atoms with E-state index in [1.165, 1.54) is 0 Å². The molecule has 0 fully saturated rings. The van der Waals surface area contributed by atoms with Crippen molar-refractivity contribution in [3.8, 4) is 0 Å². The minimum Gasteiger partial charge on any atom is -0.379 e. The van der Waals surface area contributed by atoms with Gasteiger partial charge in [0.1, 0.15) is 0 Å². The third kappa shape index (κ3) is 5.33. The number of para-hydroxylation sites is 1. The largest absolute Gasteiger partial charge is 0.379 e. The number of halogens is 2. The number of rotatable bonds is 2. The van der Waals surface area contributed by atoms with Gasteiger partial charge in [0.25, 0.3) is 0 Å². The second kappa shape index (κ2) is 8.03. The minimum atomic E-state index is 0. The van der Waals surface area contributed by atoms with Crippen LogP contribution in [-0.2, 0) is 33.6 Å². The van der Waals surface area contributed by atoms with Crippen LogP contribution in [0.5, 0.6) is 0 Å². The topological polar surface area (TPSA) is 12.0 Å². The van der Waals surface area contributed by atoms with E-state index < -0.39 is 0 Å². The van der Waals surface area contributed by atoms with Crippen molar-refractivity contribution in [1.82, 2.24) is 0 Å². The summed E-state index contributed by atoms with van der Waals surface area (Å²) in [6.45, 7) is 0. The Morgan fingerprint density at radius 2 is 1.59 bits per heavy atom. The van der Waals surface area contributed by atoms with Gasteiger partial charge in [-0.1, -0.05) is 28.9 Å². The first kappa shape index (κ1) is 16.8. The Morgan fingerprint density at radius 3 is 2.12 bits per heavy atom. The molecule has 0 aliphatic carbocycles. The Bertz CT molecular complexity index is 443. The van der Waals surface area contributed by atoms with Crippen LogP contribution in [0.4, 0.5) is 11.4 Å². The average molecular weight is 355 g/mol. The van der Waals surface area contributed by atoms with Crippen LogP contribution in [0.2, 0.25) is 10.0 Å². The first-order valence-electron chi connectivity index (χ1n) is 4.44. The standard InChI is InChI=1S/C12H8Cl2N.2Co/c13-9-6-10(14)8-12(7-9)15-11-4-2-1-3-5-11;;/h1-4,6-8,15H;;/q-1;;. The number of nitrogens with one attached hydrogen (secondary N) is 1. The van der Waals surface area contributed by atoms with Crippen LogP contribution in [0.3, 0.4) is 0 Å². The molecule has 1 N–H and O–H groups in total. The molecule has 0 aliphatic rings. The third-order valence-corrected chi connectivity index (χ3v) is 2.29. The van der Waals surface area contributed by atoms with Gasteiger partial charge >= 0.3 is 0 Å². The molecular formula is C12H8Cl2Co2N-. The van der Waals surface area contributed by atoms with E-state index in [0.29, 0.717) is 10.0 Å². The van der Waals surface area contributed by atoms with Crippen LogP contribution in [0.15, 0.2) is 42.5 Å². The molecule has 94 valence electrons. The van der Waals surface area contributed by atoms with Crippen molar-refractivity contribution in [3.05, 3.63) is 58.6 Å². The number of anilines is 2. The fourth-order valence-electron chi connectivity index (χ4n) is 1.25. The fourth-order valence-corrected chi connectivity index (χ4v) is 1.78. The first-order valence-corrected chi connectivity index (χ1v) is 5.19. The second-order valence-electron chi connectivity index (χ2n) is 3.06. The summed E-state index contributed by atoms with van der Waals surface area (Å²) in [6, 6.07) is 16.0. The molecule has 0 amide bonds. The molecule has 5 heteroatoms. The molecule has 0 saturated heterocycles. The fraction of sp³-hybridized carbons (Fsp3) is 0. The summed E-state index contributed by atoms with van der Waals surface area (Å²) in [5, 5.41) is 4.39. The number of hydrogen-bond donors (Lipinski definition) is 1. The molecule has 2 rings (SSSR count). The van der Waals surface area contributed by atoms with E-state index in [2.05, 4.69) is 11.4 Å². The predicted octanol–water partition coefficient (Wildman–Crippen LogP) is 4.53. The zero-order valence-electron chi connectivity index (χ0n) is 8.46. The van der Waals surface area contributed by atoms with Gasteiger partial charge in [-0.3, -0.25) is 0 Å². The zero-order chi connectivity index (χ0) is 10.7. The maximum Gasteiger partial charge on any atom is 0.0441 e. The van der Waals surface area contributed by atoms with Crippen molar-refractivity contribution < 1.29 is 33.6 Å². The molecule has 0 spiro atoms. The van der Waals surface area contributed by atoms with Crippen molar-refractivity contribution in [2.45, 2.75) is 0 Å². The summed E-state index contributed by atoms with van der Waals surface area (Å²) in [7, 11) is 0. The Hall–Kier alpha value is -0.167. The van der Waals surface area contributed by atoms with Crippen molar-refractivity contribution >= 4 is 34.6 Å². The number of hydrogen-bond acceptors (Lipinski definition) is 1. The smallest absolute Gasteiger partial charge is 0.0441 e. The minimum absolute atomic E-state index is 0. The normalized spacial score (nSPS) is 8.82. The molecule has 0 atom stereocenters. The molecule has 0 bridgehead atoms. The summed E-state index contributed by atoms with van der Waals surface area (Å²) in [6.07, 6.45) is 0. The van der Waals surface area contributed by atoms with Gasteiger partial charge in [-0.15, -0.1) is 6.07 Å². The van der Waals surface area contributed by atoms with Crippen molar-refractivity contribution in [3.63, 3.8) is 0 Å². The molecule has 2 aromatic carbocycles. The molecule has 0 aromatic heterocycles. The van der Waals surface area contributed by atoms with E-state index in [0.717, 1.165) is 11.4 Å². The van der Waals surface area contributed by atoms with E-state index in [-0.39, 0.29) is 33.6 Å². The number of benzene rings is 2. The van der Waals surface area contributed by atoms with Crippen molar-refractivity contribution in [2.75, 3.05) is 5.32 Å². The van der Waals surface area contributed by atoms with Gasteiger partial charge in [0, 0.05) is 49.3 Å². The van der Waals surface area contributed by atoms with Crippen LogP contribution < -0.4 is 5.32 Å². The van der Waals surface area contributed by atoms with Crippen LogP contribution in [0.1, 0.15) is 0 Å². The van der Waals surface area contributed by atoms with E-state index in [1.54, 1.807) is 6.07 Å². The summed E-state index contributed by atoms with van der Waals surface area (Å²) in [5.41, 5.74) is 1.74. The van der Waals surface area contributed by atoms with Crippen LogP contribution >= 0.6 is 23.2 Å². The molecule has 2 radical (unpaired) electrons. The van der Waals surface area contributed by atoms with Gasteiger partial charge in [-0.25, -0.2) is 0 Å². The Morgan fingerprint density at radius 1 is 0.941 bits per heavy atom. The van der Waals surface area contributed by atoms with Crippen LogP contribution in [0, 0.1) is 6.07 Å². The molecule has 2 aromatic rings. The van der Waals surface area contributed by atoms with Crippen molar-refractivity contribution in [2.24, 2.45) is 0 Å². The second-order valence-corrected chi connectivity index (χ2v) is 3.93. The third-order valence-electron chi connectivity index (χ3n) is 1.85. The molecule has 0 saturated carbocycles. The van der Waals surface area contributed by atoms with Crippen LogP contribution in [0.25, 0.3) is 0 Å². The molecule has 0 unspecified atom stereocenters. The van der Waals surface area contributed by atoms with E-state index in [1.807, 2.05) is 36.4 Å². The van der Waals surface area contributed by atoms with Gasteiger partial charge in [0.05, 0.1) is 0 Å². The van der Waals surface area contributed by atoms with Gasteiger partial charge < -0.3 is 5.32 Å². The molecule has 17 heavy (non-hydrogen) atoms. The zero-order valence-corrected chi connectivity index (χ0v) is 12.1. The monoisotopic (exact) mass is 354 g/mol. The van der Waals surface area contributed by atoms with E-state index in [4.69, 9.17) is 23.2 Å². The van der Waals surface area contributed by atoms with Crippen molar-refractivity contribution in [1.29, 1.82) is 0 Å². The summed E-state index contributed by atoms with van der Waals surface area (Å²) < 4.78 is 0. The maximum absolute atomic E-state index is 5.88. The Kier molecular flexibility index (Phi) is 7.95. The molecular weight excluding hydrogens is 347 g/mol.